The normalized spacial score (nSPS) is 10.0. The number of amides is 2. The lowest BCUT2D eigenvalue weighted by atomic mass is 10.2. The lowest BCUT2D eigenvalue weighted by Crippen LogP contribution is -2.28. The van der Waals surface area contributed by atoms with Crippen molar-refractivity contribution in [3.8, 4) is 5.75 Å². The van der Waals surface area contributed by atoms with Crippen LogP contribution in [0.25, 0.3) is 0 Å². The van der Waals surface area contributed by atoms with E-state index in [-0.39, 0.29) is 11.3 Å². The summed E-state index contributed by atoms with van der Waals surface area (Å²) in [5.74, 6) is -1.73. The molecule has 0 radical (unpaired) electrons. The van der Waals surface area contributed by atoms with Crippen LogP contribution in [0.15, 0.2) is 35.7 Å². The lowest BCUT2D eigenvalue weighted by Gasteiger charge is -2.09. The number of aromatic hydroxyl groups is 1. The number of carboxylic acid groups (broad SMARTS) is 1. The number of rotatable bonds is 4. The predicted octanol–water partition coefficient (Wildman–Crippen LogP) is 2.47. The van der Waals surface area contributed by atoms with Crippen LogP contribution in [-0.4, -0.2) is 22.2 Å². The van der Waals surface area contributed by atoms with Gasteiger partial charge < -0.3 is 20.8 Å². The van der Waals surface area contributed by atoms with Crippen molar-refractivity contribution in [3.05, 3.63) is 46.2 Å². The summed E-state index contributed by atoms with van der Waals surface area (Å²) in [4.78, 5) is 23.5. The molecule has 0 saturated heterocycles. The van der Waals surface area contributed by atoms with Crippen LogP contribution >= 0.6 is 11.3 Å². The van der Waals surface area contributed by atoms with Crippen LogP contribution < -0.4 is 10.6 Å². The third-order valence-electron chi connectivity index (χ3n) is 2.52. The molecular formula is C13H12N2O4S. The summed E-state index contributed by atoms with van der Waals surface area (Å²) in [7, 11) is 0. The Kier molecular flexibility index (Phi) is 4.21. The number of urea groups is 1. The summed E-state index contributed by atoms with van der Waals surface area (Å²) in [5.41, 5.74) is -0.213. The molecule has 7 heteroatoms. The number of hydrogen-bond donors (Lipinski definition) is 4. The van der Waals surface area contributed by atoms with Crippen molar-refractivity contribution < 1.29 is 19.8 Å². The number of phenols is 1. The van der Waals surface area contributed by atoms with Gasteiger partial charge in [-0.1, -0.05) is 12.1 Å². The fourth-order valence-corrected chi connectivity index (χ4v) is 2.21. The van der Waals surface area contributed by atoms with Crippen molar-refractivity contribution in [2.24, 2.45) is 0 Å². The van der Waals surface area contributed by atoms with E-state index in [2.05, 4.69) is 10.6 Å². The maximum Gasteiger partial charge on any atom is 0.339 e. The number of carbonyl (C=O) groups is 2. The van der Waals surface area contributed by atoms with Gasteiger partial charge in [-0.15, -0.1) is 11.3 Å². The smallest absolute Gasteiger partial charge is 0.339 e. The van der Waals surface area contributed by atoms with Gasteiger partial charge in [-0.2, -0.15) is 0 Å². The van der Waals surface area contributed by atoms with E-state index in [4.69, 9.17) is 5.11 Å². The molecule has 0 aliphatic carbocycles. The Morgan fingerprint density at radius 2 is 2.00 bits per heavy atom. The third kappa shape index (κ3) is 3.27. The quantitative estimate of drug-likeness (QED) is 0.650. The van der Waals surface area contributed by atoms with Gasteiger partial charge in [0, 0.05) is 4.88 Å². The van der Waals surface area contributed by atoms with Gasteiger partial charge in [-0.25, -0.2) is 9.59 Å². The number of thiophene rings is 1. The number of carboxylic acids is 1. The Bertz CT molecular complexity index is 625. The van der Waals surface area contributed by atoms with E-state index in [1.807, 2.05) is 17.5 Å². The molecule has 0 atom stereocenters. The maximum absolute atomic E-state index is 11.7. The fraction of sp³-hybridized carbons (Fsp3) is 0.0769. The zero-order valence-electron chi connectivity index (χ0n) is 10.3. The summed E-state index contributed by atoms with van der Waals surface area (Å²) < 4.78 is 0. The number of nitrogens with one attached hydrogen (secondary N) is 2. The number of carbonyl (C=O) groups excluding carboxylic acids is 1. The van der Waals surface area contributed by atoms with Gasteiger partial charge in [0.2, 0.25) is 0 Å². The summed E-state index contributed by atoms with van der Waals surface area (Å²) in [5, 5.41) is 25.5. The summed E-state index contributed by atoms with van der Waals surface area (Å²) in [6, 6.07) is 7.36. The molecule has 1 aromatic carbocycles. The third-order valence-corrected chi connectivity index (χ3v) is 3.39. The Balaban J connectivity index is 2.01. The minimum Gasteiger partial charge on any atom is -0.505 e. The highest BCUT2D eigenvalue weighted by Crippen LogP contribution is 2.27. The van der Waals surface area contributed by atoms with Crippen molar-refractivity contribution in [2.75, 3.05) is 5.32 Å². The van der Waals surface area contributed by atoms with Crippen LogP contribution in [0, 0.1) is 0 Å². The van der Waals surface area contributed by atoms with E-state index in [0.29, 0.717) is 6.54 Å². The molecule has 6 nitrogen and oxygen atoms in total. The van der Waals surface area contributed by atoms with Crippen LogP contribution in [0.3, 0.4) is 0 Å². The molecule has 0 aliphatic rings. The van der Waals surface area contributed by atoms with Gasteiger partial charge in [0.1, 0.15) is 5.56 Å². The van der Waals surface area contributed by atoms with Crippen LogP contribution in [0.1, 0.15) is 15.2 Å². The molecule has 4 N–H and O–H groups in total. The van der Waals surface area contributed by atoms with Crippen LogP contribution in [0.2, 0.25) is 0 Å². The molecule has 1 aromatic heterocycles. The second-order valence-electron chi connectivity index (χ2n) is 3.89. The predicted molar refractivity (Wildman–Crippen MR) is 75.2 cm³/mol. The van der Waals surface area contributed by atoms with E-state index in [0.717, 1.165) is 4.88 Å². The van der Waals surface area contributed by atoms with E-state index >= 15 is 0 Å². The molecule has 2 aromatic rings. The van der Waals surface area contributed by atoms with Crippen molar-refractivity contribution in [1.29, 1.82) is 0 Å². The minimum atomic E-state index is -1.26. The van der Waals surface area contributed by atoms with Gasteiger partial charge in [0.25, 0.3) is 0 Å². The second-order valence-corrected chi connectivity index (χ2v) is 4.93. The first-order valence-corrected chi connectivity index (χ1v) is 6.58. The monoisotopic (exact) mass is 292 g/mol. The largest absolute Gasteiger partial charge is 0.505 e. The van der Waals surface area contributed by atoms with Crippen molar-refractivity contribution in [3.63, 3.8) is 0 Å². The number of benzene rings is 1. The molecule has 0 saturated carbocycles. The number of anilines is 1. The molecule has 104 valence electrons. The van der Waals surface area contributed by atoms with Crippen LogP contribution in [-0.2, 0) is 6.54 Å². The molecule has 0 unspecified atom stereocenters. The number of hydrogen-bond acceptors (Lipinski definition) is 4. The van der Waals surface area contributed by atoms with Crippen molar-refractivity contribution in [2.45, 2.75) is 6.54 Å². The van der Waals surface area contributed by atoms with Crippen LogP contribution in [0.5, 0.6) is 5.75 Å². The molecule has 2 rings (SSSR count). The van der Waals surface area contributed by atoms with Crippen molar-refractivity contribution in [1.82, 2.24) is 5.32 Å². The first-order valence-electron chi connectivity index (χ1n) is 5.70. The molecule has 20 heavy (non-hydrogen) atoms. The summed E-state index contributed by atoms with van der Waals surface area (Å²) in [6.07, 6.45) is 0. The average Bonchev–Trinajstić information content (AvgIpc) is 2.91. The summed E-state index contributed by atoms with van der Waals surface area (Å²) in [6.45, 7) is 0.364. The minimum absolute atomic E-state index is 0.0496. The Labute approximate surface area is 118 Å². The highest BCUT2D eigenvalue weighted by Gasteiger charge is 2.14. The Hall–Kier alpha value is -2.54. The Morgan fingerprint density at radius 3 is 2.65 bits per heavy atom. The van der Waals surface area contributed by atoms with Gasteiger partial charge >= 0.3 is 12.0 Å². The maximum atomic E-state index is 11.7. The van der Waals surface area contributed by atoms with E-state index < -0.39 is 17.7 Å². The number of para-hydroxylation sites is 1. The van der Waals surface area contributed by atoms with E-state index in [1.54, 1.807) is 0 Å². The first-order chi connectivity index (χ1) is 9.58. The zero-order chi connectivity index (χ0) is 14.5. The average molecular weight is 292 g/mol. The molecule has 0 spiro atoms. The zero-order valence-corrected chi connectivity index (χ0v) is 11.1. The Morgan fingerprint density at radius 1 is 1.20 bits per heavy atom. The van der Waals surface area contributed by atoms with Gasteiger partial charge in [-0.05, 0) is 23.6 Å². The lowest BCUT2D eigenvalue weighted by molar-refractivity contribution is 0.0694. The van der Waals surface area contributed by atoms with E-state index in [9.17, 15) is 14.7 Å². The van der Waals surface area contributed by atoms with Gasteiger partial charge in [-0.3, -0.25) is 0 Å². The molecule has 1 heterocycles. The van der Waals surface area contributed by atoms with Crippen LogP contribution in [0.4, 0.5) is 10.5 Å². The SMILES string of the molecule is O=C(NCc1cccs1)Nc1cccc(C(=O)O)c1O. The highest BCUT2D eigenvalue weighted by atomic mass is 32.1. The van der Waals surface area contributed by atoms with E-state index in [1.165, 1.54) is 29.5 Å². The highest BCUT2D eigenvalue weighted by molar-refractivity contribution is 7.09. The second kappa shape index (κ2) is 6.07. The summed E-state index contributed by atoms with van der Waals surface area (Å²) >= 11 is 1.51. The molecular weight excluding hydrogens is 280 g/mol. The molecule has 0 bridgehead atoms. The van der Waals surface area contributed by atoms with Gasteiger partial charge in [0.05, 0.1) is 12.2 Å². The van der Waals surface area contributed by atoms with Gasteiger partial charge in [0.15, 0.2) is 5.75 Å². The topological polar surface area (TPSA) is 98.7 Å². The first kappa shape index (κ1) is 13.9. The van der Waals surface area contributed by atoms with Crippen molar-refractivity contribution >= 4 is 29.0 Å². The molecule has 0 aliphatic heterocycles. The fourth-order valence-electron chi connectivity index (χ4n) is 1.56. The molecule has 2 amide bonds. The molecule has 0 fully saturated rings. The standard InChI is InChI=1S/C13H12N2O4S/c16-11-9(12(17)18)4-1-5-10(11)15-13(19)14-7-8-3-2-6-20-8/h1-6,16H,7H2,(H,17,18)(H2,14,15,19). The number of aromatic carboxylic acids is 1.